The Morgan fingerprint density at radius 1 is 1.16 bits per heavy atom. The van der Waals surface area contributed by atoms with Gasteiger partial charge in [0.25, 0.3) is 0 Å². The second-order valence-corrected chi connectivity index (χ2v) is 7.34. The number of hydrogen-bond donors (Lipinski definition) is 1. The molecule has 1 atom stereocenters. The van der Waals surface area contributed by atoms with Crippen LogP contribution >= 0.6 is 0 Å². The van der Waals surface area contributed by atoms with Gasteiger partial charge in [-0.3, -0.25) is 0 Å². The molecule has 1 N–H and O–H groups in total. The zero-order valence-electron chi connectivity index (χ0n) is 13.5. The van der Waals surface area contributed by atoms with Crippen molar-refractivity contribution in [3.63, 3.8) is 0 Å². The van der Waals surface area contributed by atoms with Crippen molar-refractivity contribution in [3.05, 3.63) is 11.7 Å². The Bertz CT molecular complexity index is 385. The fourth-order valence-electron chi connectivity index (χ4n) is 1.82. The molecule has 0 spiro atoms. The molecule has 4 heteroatoms. The van der Waals surface area contributed by atoms with Gasteiger partial charge in [0.15, 0.2) is 5.82 Å². The molecule has 1 unspecified atom stereocenters. The topological polar surface area (TPSA) is 51.0 Å². The van der Waals surface area contributed by atoms with Crippen molar-refractivity contribution in [2.24, 2.45) is 5.41 Å². The highest BCUT2D eigenvalue weighted by Crippen LogP contribution is 2.24. The molecule has 0 saturated carbocycles. The maximum atomic E-state index is 5.40. The van der Waals surface area contributed by atoms with Crippen molar-refractivity contribution < 1.29 is 4.52 Å². The van der Waals surface area contributed by atoms with Crippen LogP contribution in [0.3, 0.4) is 0 Å². The van der Waals surface area contributed by atoms with E-state index in [1.807, 2.05) is 0 Å². The zero-order valence-corrected chi connectivity index (χ0v) is 13.5. The molecular weight excluding hydrogens is 238 g/mol. The quantitative estimate of drug-likeness (QED) is 0.889. The van der Waals surface area contributed by atoms with E-state index < -0.39 is 0 Å². The normalized spacial score (nSPS) is 14.7. The lowest BCUT2D eigenvalue weighted by atomic mass is 9.84. The molecule has 0 bridgehead atoms. The summed E-state index contributed by atoms with van der Waals surface area (Å²) in [5.41, 5.74) is 0.112. The average Bonchev–Trinajstić information content (AvgIpc) is 2.70. The minimum Gasteiger partial charge on any atom is -0.339 e. The number of rotatable bonds is 5. The van der Waals surface area contributed by atoms with E-state index in [1.54, 1.807) is 0 Å². The van der Waals surface area contributed by atoms with Gasteiger partial charge in [-0.25, -0.2) is 0 Å². The molecule has 19 heavy (non-hydrogen) atoms. The Kier molecular flexibility index (Phi) is 5.13. The van der Waals surface area contributed by atoms with Crippen molar-refractivity contribution in [2.75, 3.05) is 6.54 Å². The minimum atomic E-state index is -0.0597. The van der Waals surface area contributed by atoms with E-state index in [0.29, 0.717) is 6.04 Å². The summed E-state index contributed by atoms with van der Waals surface area (Å²) in [6.45, 7) is 16.2. The first-order valence-electron chi connectivity index (χ1n) is 7.21. The molecule has 110 valence electrons. The summed E-state index contributed by atoms with van der Waals surface area (Å²) in [6.07, 6.45) is 1.91. The van der Waals surface area contributed by atoms with E-state index in [9.17, 15) is 0 Å². The predicted octanol–water partition coefficient (Wildman–Crippen LogP) is 3.32. The van der Waals surface area contributed by atoms with Crippen LogP contribution in [0.1, 0.15) is 66.6 Å². The molecule has 0 saturated heterocycles. The van der Waals surface area contributed by atoms with Crippen molar-refractivity contribution in [1.82, 2.24) is 15.5 Å². The van der Waals surface area contributed by atoms with Gasteiger partial charge in [-0.1, -0.05) is 53.6 Å². The average molecular weight is 267 g/mol. The Morgan fingerprint density at radius 3 is 2.21 bits per heavy atom. The second kappa shape index (κ2) is 6.04. The lowest BCUT2D eigenvalue weighted by Gasteiger charge is -2.30. The molecule has 0 radical (unpaired) electrons. The predicted molar refractivity (Wildman–Crippen MR) is 78.2 cm³/mol. The van der Waals surface area contributed by atoms with E-state index in [-0.39, 0.29) is 10.8 Å². The Balaban J connectivity index is 2.76. The number of hydrogen-bond acceptors (Lipinski definition) is 4. The van der Waals surface area contributed by atoms with Crippen molar-refractivity contribution >= 4 is 0 Å². The summed E-state index contributed by atoms with van der Waals surface area (Å²) in [4.78, 5) is 4.53. The van der Waals surface area contributed by atoms with Gasteiger partial charge in [0, 0.05) is 17.9 Å². The summed E-state index contributed by atoms with van der Waals surface area (Å²) in [6, 6.07) is 0.348. The molecule has 1 heterocycles. The van der Waals surface area contributed by atoms with Gasteiger partial charge in [-0.05, 0) is 18.4 Å². The summed E-state index contributed by atoms with van der Waals surface area (Å²) < 4.78 is 5.40. The maximum Gasteiger partial charge on any atom is 0.228 e. The molecule has 0 fully saturated rings. The minimum absolute atomic E-state index is 0.0597. The van der Waals surface area contributed by atoms with Crippen LogP contribution < -0.4 is 5.32 Å². The van der Waals surface area contributed by atoms with Gasteiger partial charge in [0.2, 0.25) is 5.89 Å². The highest BCUT2D eigenvalue weighted by molar-refractivity contribution is 5.01. The van der Waals surface area contributed by atoms with E-state index in [2.05, 4.69) is 63.9 Å². The van der Waals surface area contributed by atoms with Gasteiger partial charge in [0.1, 0.15) is 0 Å². The van der Waals surface area contributed by atoms with Crippen LogP contribution in [0.2, 0.25) is 0 Å². The lowest BCUT2D eigenvalue weighted by molar-refractivity contribution is 0.244. The smallest absolute Gasteiger partial charge is 0.228 e. The third kappa shape index (κ3) is 4.94. The first kappa shape index (κ1) is 16.2. The Labute approximate surface area is 117 Å². The summed E-state index contributed by atoms with van der Waals surface area (Å²) in [5, 5.41) is 7.67. The molecule has 0 aromatic carbocycles. The zero-order chi connectivity index (χ0) is 14.7. The highest BCUT2D eigenvalue weighted by atomic mass is 16.5. The van der Waals surface area contributed by atoms with Crippen LogP contribution in [0.5, 0.6) is 0 Å². The summed E-state index contributed by atoms with van der Waals surface area (Å²) >= 11 is 0. The summed E-state index contributed by atoms with van der Waals surface area (Å²) in [5.74, 6) is 1.51. The molecule has 0 aliphatic carbocycles. The van der Waals surface area contributed by atoms with E-state index in [1.165, 1.54) is 0 Å². The van der Waals surface area contributed by atoms with E-state index >= 15 is 0 Å². The third-order valence-corrected chi connectivity index (χ3v) is 3.20. The van der Waals surface area contributed by atoms with E-state index in [4.69, 9.17) is 4.52 Å². The van der Waals surface area contributed by atoms with Gasteiger partial charge < -0.3 is 9.84 Å². The second-order valence-electron chi connectivity index (χ2n) is 7.34. The third-order valence-electron chi connectivity index (χ3n) is 3.20. The Morgan fingerprint density at radius 2 is 1.79 bits per heavy atom. The summed E-state index contributed by atoms with van der Waals surface area (Å²) in [7, 11) is 0. The van der Waals surface area contributed by atoms with Crippen LogP contribution in [0.25, 0.3) is 0 Å². The number of aromatic nitrogens is 2. The fourth-order valence-corrected chi connectivity index (χ4v) is 1.82. The molecule has 0 amide bonds. The lowest BCUT2D eigenvalue weighted by Crippen LogP contribution is -2.42. The number of nitrogens with zero attached hydrogens (tertiary/aromatic N) is 2. The molecule has 0 aliphatic rings. The highest BCUT2D eigenvalue weighted by Gasteiger charge is 2.27. The van der Waals surface area contributed by atoms with Crippen LogP contribution in [0, 0.1) is 5.41 Å². The molecule has 4 nitrogen and oxygen atoms in total. The van der Waals surface area contributed by atoms with Crippen molar-refractivity contribution in [2.45, 2.75) is 72.8 Å². The molecule has 1 aromatic heterocycles. The van der Waals surface area contributed by atoms with Gasteiger partial charge in [0.05, 0.1) is 0 Å². The van der Waals surface area contributed by atoms with Crippen LogP contribution in [-0.4, -0.2) is 22.7 Å². The van der Waals surface area contributed by atoms with Crippen molar-refractivity contribution in [3.8, 4) is 0 Å². The number of nitrogens with one attached hydrogen (secondary N) is 1. The first-order chi connectivity index (χ1) is 8.64. The van der Waals surface area contributed by atoms with Crippen LogP contribution in [0.4, 0.5) is 0 Å². The van der Waals surface area contributed by atoms with Gasteiger partial charge in [-0.2, -0.15) is 4.98 Å². The Hall–Kier alpha value is -0.900. The van der Waals surface area contributed by atoms with Gasteiger partial charge >= 0.3 is 0 Å². The molecule has 1 aromatic rings. The SMILES string of the molecule is CCCNC(Cc1nc(C(C)(C)C)no1)C(C)(C)C. The molecule has 1 rings (SSSR count). The fraction of sp³-hybridized carbons (Fsp3) is 0.867. The van der Waals surface area contributed by atoms with Crippen LogP contribution in [-0.2, 0) is 11.8 Å². The molecule has 0 aliphatic heterocycles. The molecular formula is C15H29N3O. The van der Waals surface area contributed by atoms with Crippen LogP contribution in [0.15, 0.2) is 4.52 Å². The standard InChI is InChI=1S/C15H29N3O/c1-8-9-16-11(14(2,3)4)10-12-17-13(18-19-12)15(5,6)7/h11,16H,8-10H2,1-7H3. The maximum absolute atomic E-state index is 5.40. The first-order valence-corrected chi connectivity index (χ1v) is 7.21. The van der Waals surface area contributed by atoms with E-state index in [0.717, 1.165) is 31.1 Å². The van der Waals surface area contributed by atoms with Gasteiger partial charge in [-0.15, -0.1) is 0 Å². The monoisotopic (exact) mass is 267 g/mol. The largest absolute Gasteiger partial charge is 0.339 e. The van der Waals surface area contributed by atoms with Crippen molar-refractivity contribution in [1.29, 1.82) is 0 Å².